The zero-order chi connectivity index (χ0) is 12.8. The number of nitrogens with zero attached hydrogens (tertiary/aromatic N) is 1. The lowest BCUT2D eigenvalue weighted by Crippen LogP contribution is -2.21. The van der Waals surface area contributed by atoms with Crippen LogP contribution in [0, 0.1) is 0 Å². The zero-order valence-electron chi connectivity index (χ0n) is 9.68. The predicted molar refractivity (Wildman–Crippen MR) is 71.2 cm³/mol. The highest BCUT2D eigenvalue weighted by Gasteiger charge is 2.28. The second-order valence-corrected chi connectivity index (χ2v) is 6.87. The number of H-pyrrole nitrogens is 1. The van der Waals surface area contributed by atoms with Crippen LogP contribution in [0.5, 0.6) is 0 Å². The summed E-state index contributed by atoms with van der Waals surface area (Å²) >= 11 is 0. The molecule has 0 saturated carbocycles. The Bertz CT molecular complexity index is 692. The SMILES string of the molecule is Nc1cc2cn[nH]c2cc1NC1CCS(=O)(=O)C1. The van der Waals surface area contributed by atoms with Crippen molar-refractivity contribution in [3.05, 3.63) is 18.3 Å². The third kappa shape index (κ3) is 2.01. The van der Waals surface area contributed by atoms with E-state index in [0.717, 1.165) is 16.6 Å². The van der Waals surface area contributed by atoms with E-state index in [2.05, 4.69) is 15.5 Å². The summed E-state index contributed by atoms with van der Waals surface area (Å²) in [6, 6.07) is 3.63. The summed E-state index contributed by atoms with van der Waals surface area (Å²) in [5, 5.41) is 10.9. The molecule has 1 unspecified atom stereocenters. The van der Waals surface area contributed by atoms with Gasteiger partial charge in [-0.3, -0.25) is 5.10 Å². The van der Waals surface area contributed by atoms with E-state index in [-0.39, 0.29) is 17.5 Å². The van der Waals surface area contributed by atoms with Gasteiger partial charge < -0.3 is 11.1 Å². The van der Waals surface area contributed by atoms with Gasteiger partial charge in [-0.2, -0.15) is 5.10 Å². The number of aromatic nitrogens is 2. The van der Waals surface area contributed by atoms with Gasteiger partial charge in [-0.15, -0.1) is 0 Å². The number of fused-ring (bicyclic) bond motifs is 1. The average Bonchev–Trinajstić information content (AvgIpc) is 2.85. The van der Waals surface area contributed by atoms with E-state index in [1.54, 1.807) is 6.20 Å². The molecule has 96 valence electrons. The van der Waals surface area contributed by atoms with Crippen molar-refractivity contribution < 1.29 is 8.42 Å². The van der Waals surface area contributed by atoms with Crippen molar-refractivity contribution in [3.8, 4) is 0 Å². The quantitative estimate of drug-likeness (QED) is 0.696. The van der Waals surface area contributed by atoms with Crippen molar-refractivity contribution in [2.45, 2.75) is 12.5 Å². The first-order valence-electron chi connectivity index (χ1n) is 5.73. The van der Waals surface area contributed by atoms with Crippen molar-refractivity contribution in [1.29, 1.82) is 0 Å². The van der Waals surface area contributed by atoms with Gasteiger partial charge >= 0.3 is 0 Å². The van der Waals surface area contributed by atoms with Gasteiger partial charge in [0.1, 0.15) is 0 Å². The fourth-order valence-corrected chi connectivity index (χ4v) is 3.94. The highest BCUT2D eigenvalue weighted by Crippen LogP contribution is 2.27. The number of nitrogen functional groups attached to an aromatic ring is 1. The standard InChI is InChI=1S/C11H14N4O2S/c12-9-3-7-5-13-15-10(7)4-11(9)14-8-1-2-18(16,17)6-8/h3-5,8,14H,1-2,6,12H2,(H,13,15). The predicted octanol–water partition coefficient (Wildman–Crippen LogP) is 0.744. The van der Waals surface area contributed by atoms with E-state index < -0.39 is 9.84 Å². The molecule has 1 aromatic carbocycles. The zero-order valence-corrected chi connectivity index (χ0v) is 10.5. The molecule has 0 amide bonds. The minimum Gasteiger partial charge on any atom is -0.397 e. The molecule has 1 aromatic heterocycles. The summed E-state index contributed by atoms with van der Waals surface area (Å²) in [6.45, 7) is 0. The Morgan fingerprint density at radius 3 is 3.00 bits per heavy atom. The monoisotopic (exact) mass is 266 g/mol. The van der Waals surface area contributed by atoms with Gasteiger partial charge in [0.15, 0.2) is 9.84 Å². The topological polar surface area (TPSA) is 101 Å². The molecule has 1 aliphatic rings. The Hall–Kier alpha value is -1.76. The maximum absolute atomic E-state index is 11.4. The molecule has 2 aromatic rings. The summed E-state index contributed by atoms with van der Waals surface area (Å²) in [6.07, 6.45) is 2.33. The highest BCUT2D eigenvalue weighted by atomic mass is 32.2. The molecule has 0 spiro atoms. The van der Waals surface area contributed by atoms with Crippen LogP contribution < -0.4 is 11.1 Å². The number of hydrogen-bond acceptors (Lipinski definition) is 5. The minimum absolute atomic E-state index is 0.0577. The molecular weight excluding hydrogens is 252 g/mol. The molecule has 1 atom stereocenters. The van der Waals surface area contributed by atoms with Crippen LogP contribution in [-0.2, 0) is 9.84 Å². The number of nitrogens with one attached hydrogen (secondary N) is 2. The first-order chi connectivity index (χ1) is 8.53. The van der Waals surface area contributed by atoms with Crippen molar-refractivity contribution in [2.75, 3.05) is 22.6 Å². The van der Waals surface area contributed by atoms with E-state index >= 15 is 0 Å². The van der Waals surface area contributed by atoms with E-state index in [9.17, 15) is 8.42 Å². The second kappa shape index (κ2) is 3.88. The van der Waals surface area contributed by atoms with Crippen molar-refractivity contribution >= 4 is 32.1 Å². The van der Waals surface area contributed by atoms with Crippen LogP contribution in [0.2, 0.25) is 0 Å². The molecule has 2 heterocycles. The molecule has 7 heteroatoms. The minimum atomic E-state index is -2.88. The number of aromatic amines is 1. The number of anilines is 2. The Morgan fingerprint density at radius 2 is 2.28 bits per heavy atom. The average molecular weight is 266 g/mol. The van der Waals surface area contributed by atoms with Crippen LogP contribution >= 0.6 is 0 Å². The number of nitrogens with two attached hydrogens (primary N) is 1. The van der Waals surface area contributed by atoms with Crippen molar-refractivity contribution in [3.63, 3.8) is 0 Å². The molecule has 4 N–H and O–H groups in total. The number of hydrogen-bond donors (Lipinski definition) is 3. The third-order valence-electron chi connectivity index (χ3n) is 3.20. The molecule has 0 aliphatic carbocycles. The van der Waals surface area contributed by atoms with Gasteiger partial charge in [-0.05, 0) is 18.6 Å². The molecular formula is C11H14N4O2S. The van der Waals surface area contributed by atoms with Crippen molar-refractivity contribution in [2.24, 2.45) is 0 Å². The molecule has 1 fully saturated rings. The Labute approximate surface area is 104 Å². The largest absolute Gasteiger partial charge is 0.397 e. The van der Waals surface area contributed by atoms with Crippen molar-refractivity contribution in [1.82, 2.24) is 10.2 Å². The van der Waals surface area contributed by atoms with Crippen LogP contribution in [0.25, 0.3) is 10.9 Å². The lowest BCUT2D eigenvalue weighted by Gasteiger charge is -2.14. The van der Waals surface area contributed by atoms with Crippen LogP contribution in [0.4, 0.5) is 11.4 Å². The highest BCUT2D eigenvalue weighted by molar-refractivity contribution is 7.91. The maximum Gasteiger partial charge on any atom is 0.152 e. The van der Waals surface area contributed by atoms with Crippen LogP contribution in [0.3, 0.4) is 0 Å². The lowest BCUT2D eigenvalue weighted by atomic mass is 10.2. The first kappa shape index (κ1) is 11.3. The van der Waals surface area contributed by atoms with Crippen LogP contribution in [0.1, 0.15) is 6.42 Å². The third-order valence-corrected chi connectivity index (χ3v) is 4.97. The Morgan fingerprint density at radius 1 is 1.44 bits per heavy atom. The molecule has 6 nitrogen and oxygen atoms in total. The van der Waals surface area contributed by atoms with Crippen LogP contribution in [0.15, 0.2) is 18.3 Å². The number of rotatable bonds is 2. The van der Waals surface area contributed by atoms with Gasteiger partial charge in [0, 0.05) is 11.4 Å². The van der Waals surface area contributed by atoms with E-state index in [1.807, 2.05) is 12.1 Å². The normalized spacial score (nSPS) is 22.3. The summed E-state index contributed by atoms with van der Waals surface area (Å²) in [4.78, 5) is 0. The van der Waals surface area contributed by atoms with Gasteiger partial charge in [-0.25, -0.2) is 8.42 Å². The van der Waals surface area contributed by atoms with Gasteiger partial charge in [0.25, 0.3) is 0 Å². The van der Waals surface area contributed by atoms with Gasteiger partial charge in [0.2, 0.25) is 0 Å². The number of sulfone groups is 1. The van der Waals surface area contributed by atoms with Crippen LogP contribution in [-0.4, -0.2) is 36.2 Å². The van der Waals surface area contributed by atoms with E-state index in [1.165, 1.54) is 0 Å². The van der Waals surface area contributed by atoms with E-state index in [4.69, 9.17) is 5.73 Å². The Kier molecular flexibility index (Phi) is 2.44. The molecule has 1 saturated heterocycles. The van der Waals surface area contributed by atoms with Gasteiger partial charge in [0.05, 0.1) is 34.6 Å². The summed E-state index contributed by atoms with van der Waals surface area (Å²) in [5.74, 6) is 0.421. The van der Waals surface area contributed by atoms with E-state index in [0.29, 0.717) is 12.1 Å². The second-order valence-electron chi connectivity index (χ2n) is 4.64. The molecule has 0 radical (unpaired) electrons. The Balaban J connectivity index is 1.88. The maximum atomic E-state index is 11.4. The summed E-state index contributed by atoms with van der Waals surface area (Å²) in [5.41, 5.74) is 8.18. The molecule has 0 bridgehead atoms. The number of benzene rings is 1. The molecule has 1 aliphatic heterocycles. The van der Waals surface area contributed by atoms with Gasteiger partial charge in [-0.1, -0.05) is 0 Å². The summed E-state index contributed by atoms with van der Waals surface area (Å²) in [7, 11) is -2.88. The lowest BCUT2D eigenvalue weighted by molar-refractivity contribution is 0.602. The smallest absolute Gasteiger partial charge is 0.152 e. The molecule has 18 heavy (non-hydrogen) atoms. The summed E-state index contributed by atoms with van der Waals surface area (Å²) < 4.78 is 22.8. The first-order valence-corrected chi connectivity index (χ1v) is 7.55. The molecule has 3 rings (SSSR count). The fraction of sp³-hybridized carbons (Fsp3) is 0.364. The fourth-order valence-electron chi connectivity index (χ4n) is 2.26.